The fraction of sp³-hybridized carbons (Fsp3) is 0. The standard InChI is InChI=1S/C48H30N4/c1-2-12-34-27-35(24-19-31(34)11-1)48-41-30-40(37-13-3-4-14-38(37)47(41)39-15-5-6-17-43(39)52-48)32-20-22-33(23-21-32)45-28-36(42-16-7-9-25-49-42)29-46(51-45)44-18-8-10-26-50-44/h1-30H. The van der Waals surface area contributed by atoms with Crippen molar-refractivity contribution in [2.75, 3.05) is 0 Å². The molecular weight excluding hydrogens is 633 g/mol. The molecule has 0 saturated carbocycles. The Morgan fingerprint density at radius 2 is 0.962 bits per heavy atom. The van der Waals surface area contributed by atoms with Crippen LogP contribution in [0.2, 0.25) is 0 Å². The van der Waals surface area contributed by atoms with Crippen molar-refractivity contribution in [2.24, 2.45) is 0 Å². The van der Waals surface area contributed by atoms with Gasteiger partial charge in [-0.25, -0.2) is 9.97 Å². The Morgan fingerprint density at radius 3 is 1.75 bits per heavy atom. The third-order valence-corrected chi connectivity index (χ3v) is 9.93. The second kappa shape index (κ2) is 12.4. The van der Waals surface area contributed by atoms with Gasteiger partial charge in [0.2, 0.25) is 0 Å². The largest absolute Gasteiger partial charge is 0.256 e. The maximum Gasteiger partial charge on any atom is 0.0900 e. The summed E-state index contributed by atoms with van der Waals surface area (Å²) in [6.45, 7) is 0. The van der Waals surface area contributed by atoms with E-state index >= 15 is 0 Å². The minimum Gasteiger partial charge on any atom is -0.256 e. The fourth-order valence-electron chi connectivity index (χ4n) is 7.44. The molecule has 4 aromatic heterocycles. The maximum atomic E-state index is 5.32. The van der Waals surface area contributed by atoms with Crippen LogP contribution in [0.1, 0.15) is 0 Å². The molecule has 0 unspecified atom stereocenters. The number of rotatable bonds is 5. The van der Waals surface area contributed by atoms with Gasteiger partial charge in [0.25, 0.3) is 0 Å². The molecule has 0 radical (unpaired) electrons. The van der Waals surface area contributed by atoms with Gasteiger partial charge in [0.05, 0.1) is 34.0 Å². The van der Waals surface area contributed by atoms with Crippen LogP contribution in [0, 0.1) is 0 Å². The summed E-state index contributed by atoms with van der Waals surface area (Å²) in [4.78, 5) is 19.6. The fourth-order valence-corrected chi connectivity index (χ4v) is 7.44. The number of para-hydroxylation sites is 1. The zero-order valence-corrected chi connectivity index (χ0v) is 28.1. The summed E-state index contributed by atoms with van der Waals surface area (Å²) in [6, 6.07) is 59.6. The Balaban J connectivity index is 1.16. The van der Waals surface area contributed by atoms with Gasteiger partial charge in [0.1, 0.15) is 0 Å². The van der Waals surface area contributed by atoms with Crippen molar-refractivity contribution in [1.82, 2.24) is 19.9 Å². The smallest absolute Gasteiger partial charge is 0.0900 e. The molecule has 6 aromatic carbocycles. The van der Waals surface area contributed by atoms with Gasteiger partial charge in [-0.1, -0.05) is 115 Å². The molecule has 52 heavy (non-hydrogen) atoms. The second-order valence-electron chi connectivity index (χ2n) is 13.1. The first-order valence-electron chi connectivity index (χ1n) is 17.5. The third-order valence-electron chi connectivity index (χ3n) is 9.93. The lowest BCUT2D eigenvalue weighted by Gasteiger charge is -2.16. The first-order chi connectivity index (χ1) is 25.8. The maximum absolute atomic E-state index is 5.32. The third kappa shape index (κ3) is 5.17. The number of benzene rings is 6. The lowest BCUT2D eigenvalue weighted by Crippen LogP contribution is -1.94. The first-order valence-corrected chi connectivity index (χ1v) is 17.5. The lowest BCUT2D eigenvalue weighted by molar-refractivity contribution is 1.24. The molecule has 0 fully saturated rings. The van der Waals surface area contributed by atoms with Crippen LogP contribution in [0.4, 0.5) is 0 Å². The van der Waals surface area contributed by atoms with E-state index in [9.17, 15) is 0 Å². The monoisotopic (exact) mass is 662 g/mol. The molecule has 4 nitrogen and oxygen atoms in total. The van der Waals surface area contributed by atoms with E-state index < -0.39 is 0 Å². The number of hydrogen-bond donors (Lipinski definition) is 0. The molecular formula is C48H30N4. The van der Waals surface area contributed by atoms with Crippen LogP contribution in [0.25, 0.3) is 99.5 Å². The van der Waals surface area contributed by atoms with Crippen molar-refractivity contribution in [1.29, 1.82) is 0 Å². The van der Waals surface area contributed by atoms with E-state index in [0.29, 0.717) is 0 Å². The molecule has 0 bridgehead atoms. The van der Waals surface area contributed by atoms with Gasteiger partial charge in [-0.05, 0) is 87.3 Å². The van der Waals surface area contributed by atoms with Crippen molar-refractivity contribution in [3.05, 3.63) is 182 Å². The molecule has 4 heterocycles. The number of nitrogens with zero attached hydrogens (tertiary/aromatic N) is 4. The normalized spacial score (nSPS) is 11.5. The summed E-state index contributed by atoms with van der Waals surface area (Å²) >= 11 is 0. The molecule has 10 aromatic rings. The van der Waals surface area contributed by atoms with Crippen molar-refractivity contribution in [3.63, 3.8) is 0 Å². The molecule has 0 aliphatic carbocycles. The van der Waals surface area contributed by atoms with E-state index in [1.54, 1.807) is 6.20 Å². The van der Waals surface area contributed by atoms with Crippen LogP contribution in [-0.4, -0.2) is 19.9 Å². The summed E-state index contributed by atoms with van der Waals surface area (Å²) in [7, 11) is 0. The van der Waals surface area contributed by atoms with E-state index in [0.717, 1.165) is 72.6 Å². The Morgan fingerprint density at radius 1 is 0.327 bits per heavy atom. The Bertz CT molecular complexity index is 2880. The van der Waals surface area contributed by atoms with Gasteiger partial charge in [0, 0.05) is 45.2 Å². The van der Waals surface area contributed by atoms with Crippen molar-refractivity contribution in [3.8, 4) is 56.3 Å². The zero-order valence-electron chi connectivity index (χ0n) is 28.1. The van der Waals surface area contributed by atoms with E-state index in [4.69, 9.17) is 9.97 Å². The molecule has 0 spiro atoms. The van der Waals surface area contributed by atoms with Gasteiger partial charge < -0.3 is 0 Å². The van der Waals surface area contributed by atoms with Crippen LogP contribution in [0.3, 0.4) is 0 Å². The molecule has 0 aliphatic rings. The Hall–Kier alpha value is -7.04. The minimum atomic E-state index is 0.810. The molecule has 10 rings (SSSR count). The van der Waals surface area contributed by atoms with Gasteiger partial charge in [-0.2, -0.15) is 0 Å². The van der Waals surface area contributed by atoms with E-state index in [2.05, 4.69) is 143 Å². The molecule has 0 amide bonds. The van der Waals surface area contributed by atoms with Crippen molar-refractivity contribution < 1.29 is 0 Å². The molecule has 0 saturated heterocycles. The Labute approximate surface area is 300 Å². The minimum absolute atomic E-state index is 0.810. The van der Waals surface area contributed by atoms with E-state index in [-0.39, 0.29) is 0 Å². The lowest BCUT2D eigenvalue weighted by atomic mass is 9.89. The van der Waals surface area contributed by atoms with Crippen LogP contribution in [-0.2, 0) is 0 Å². The highest BCUT2D eigenvalue weighted by atomic mass is 14.8. The van der Waals surface area contributed by atoms with Gasteiger partial charge in [-0.15, -0.1) is 0 Å². The number of aromatic nitrogens is 4. The highest BCUT2D eigenvalue weighted by Crippen LogP contribution is 2.42. The number of fused-ring (bicyclic) bond motifs is 6. The summed E-state index contributed by atoms with van der Waals surface area (Å²) < 4.78 is 0. The highest BCUT2D eigenvalue weighted by molar-refractivity contribution is 6.25. The van der Waals surface area contributed by atoms with Gasteiger partial charge in [0.15, 0.2) is 0 Å². The first kappa shape index (κ1) is 29.8. The topological polar surface area (TPSA) is 51.6 Å². The second-order valence-corrected chi connectivity index (χ2v) is 13.1. The van der Waals surface area contributed by atoms with Crippen LogP contribution in [0.15, 0.2) is 182 Å². The summed E-state index contributed by atoms with van der Waals surface area (Å²) in [5.41, 5.74) is 10.8. The molecule has 4 heteroatoms. The van der Waals surface area contributed by atoms with E-state index in [1.165, 1.54) is 26.9 Å². The van der Waals surface area contributed by atoms with Crippen LogP contribution >= 0.6 is 0 Å². The average Bonchev–Trinajstić information content (AvgIpc) is 3.23. The summed E-state index contributed by atoms with van der Waals surface area (Å²) in [5.74, 6) is 0. The zero-order chi connectivity index (χ0) is 34.4. The van der Waals surface area contributed by atoms with Gasteiger partial charge >= 0.3 is 0 Å². The van der Waals surface area contributed by atoms with Crippen LogP contribution in [0.5, 0.6) is 0 Å². The molecule has 0 atom stereocenters. The number of hydrogen-bond acceptors (Lipinski definition) is 4. The van der Waals surface area contributed by atoms with E-state index in [1.807, 2.05) is 42.6 Å². The summed E-state index contributed by atoms with van der Waals surface area (Å²) in [6.07, 6.45) is 3.62. The average molecular weight is 663 g/mol. The van der Waals surface area contributed by atoms with Crippen molar-refractivity contribution >= 4 is 43.2 Å². The van der Waals surface area contributed by atoms with Crippen molar-refractivity contribution in [2.45, 2.75) is 0 Å². The summed E-state index contributed by atoms with van der Waals surface area (Å²) in [5, 5.41) is 8.35. The highest BCUT2D eigenvalue weighted by Gasteiger charge is 2.17. The predicted molar refractivity (Wildman–Crippen MR) is 215 cm³/mol. The quantitative estimate of drug-likeness (QED) is 0.172. The molecule has 0 aliphatic heterocycles. The SMILES string of the molecule is c1ccc(-c2cc(-c3ccc(-c4cc5c(-c6ccc7ccccc7c6)nc6ccccc6c5c5ccccc45)cc3)nc(-c3ccccn3)c2)nc1. The van der Waals surface area contributed by atoms with Crippen LogP contribution < -0.4 is 0 Å². The Kier molecular flexibility index (Phi) is 7.10. The van der Waals surface area contributed by atoms with Gasteiger partial charge in [-0.3, -0.25) is 9.97 Å². The molecule has 242 valence electrons. The predicted octanol–water partition coefficient (Wildman–Crippen LogP) is 12.2. The molecule has 0 N–H and O–H groups in total. The number of pyridine rings is 4.